The van der Waals surface area contributed by atoms with Gasteiger partial charge in [-0.25, -0.2) is 0 Å². The van der Waals surface area contributed by atoms with Crippen LogP contribution in [0.15, 0.2) is 0 Å². The normalized spacial score (nSPS) is 32.8. The Morgan fingerprint density at radius 2 is 2.12 bits per heavy atom. The highest BCUT2D eigenvalue weighted by atomic mass is 16.5. The smallest absolute Gasteiger partial charge is 0.104 e. The second-order valence-electron chi connectivity index (χ2n) is 4.95. The fourth-order valence-electron chi connectivity index (χ4n) is 2.73. The predicted octanol–water partition coefficient (Wildman–Crippen LogP) is 0.477. The number of nitrogens with zero attached hydrogens (tertiary/aromatic N) is 1. The van der Waals surface area contributed by atoms with Crippen LogP contribution < -0.4 is 5.32 Å². The van der Waals surface area contributed by atoms with E-state index < -0.39 is 0 Å². The van der Waals surface area contributed by atoms with E-state index in [2.05, 4.69) is 10.2 Å². The molecule has 1 unspecified atom stereocenters. The minimum Gasteiger partial charge on any atom is -0.382 e. The molecule has 2 fully saturated rings. The van der Waals surface area contributed by atoms with Crippen molar-refractivity contribution in [3.8, 4) is 0 Å². The first kappa shape index (κ1) is 12.3. The highest BCUT2D eigenvalue weighted by Crippen LogP contribution is 2.26. The van der Waals surface area contributed by atoms with Crippen molar-refractivity contribution >= 4 is 0 Å². The third-order valence-corrected chi connectivity index (χ3v) is 3.56. The maximum absolute atomic E-state index is 6.02. The summed E-state index contributed by atoms with van der Waals surface area (Å²) in [6.07, 6.45) is 3.62. The molecule has 2 saturated heterocycles. The Labute approximate surface area is 98.3 Å². The van der Waals surface area contributed by atoms with Crippen LogP contribution in [0.1, 0.15) is 19.3 Å². The third kappa shape index (κ3) is 3.17. The molecule has 0 spiro atoms. The maximum Gasteiger partial charge on any atom is 0.104 e. The number of nitrogens with one attached hydrogen (secondary N) is 1. The molecule has 0 aromatic heterocycles. The largest absolute Gasteiger partial charge is 0.382 e. The van der Waals surface area contributed by atoms with Crippen LogP contribution in [0.2, 0.25) is 0 Å². The van der Waals surface area contributed by atoms with Crippen LogP contribution in [0.25, 0.3) is 0 Å². The zero-order valence-corrected chi connectivity index (χ0v) is 10.3. The highest BCUT2D eigenvalue weighted by Gasteiger charge is 2.35. The molecule has 2 rings (SSSR count). The molecule has 4 nitrogen and oxygen atoms in total. The molecule has 0 saturated carbocycles. The van der Waals surface area contributed by atoms with Crippen molar-refractivity contribution < 1.29 is 9.47 Å². The number of ether oxygens (including phenoxy) is 2. The summed E-state index contributed by atoms with van der Waals surface area (Å²) < 4.78 is 11.4. The monoisotopic (exact) mass is 228 g/mol. The van der Waals surface area contributed by atoms with Gasteiger partial charge >= 0.3 is 0 Å². The number of hydrogen-bond donors (Lipinski definition) is 1. The van der Waals surface area contributed by atoms with Crippen LogP contribution in [0, 0.1) is 0 Å². The Bertz CT molecular complexity index is 194. The van der Waals surface area contributed by atoms with Crippen LogP contribution in [0.4, 0.5) is 0 Å². The standard InChI is InChI=1S/C12H24N2O2/c1-15-11-12(4-2-3-9-16-12)10-14-7-5-13-6-8-14/h13H,2-11H2,1H3. The first-order valence-corrected chi connectivity index (χ1v) is 6.41. The summed E-state index contributed by atoms with van der Waals surface area (Å²) >= 11 is 0. The SMILES string of the molecule is COCC1(CN2CCNCC2)CCCCO1. The molecule has 94 valence electrons. The van der Waals surface area contributed by atoms with Crippen LogP contribution >= 0.6 is 0 Å². The molecule has 0 amide bonds. The molecule has 16 heavy (non-hydrogen) atoms. The zero-order valence-electron chi connectivity index (χ0n) is 10.3. The average Bonchev–Trinajstić information content (AvgIpc) is 2.31. The van der Waals surface area contributed by atoms with E-state index in [9.17, 15) is 0 Å². The molecule has 0 aromatic carbocycles. The van der Waals surface area contributed by atoms with Crippen molar-refractivity contribution in [2.24, 2.45) is 0 Å². The van der Waals surface area contributed by atoms with Gasteiger partial charge in [0.15, 0.2) is 0 Å². The van der Waals surface area contributed by atoms with Gasteiger partial charge in [-0.2, -0.15) is 0 Å². The molecule has 2 aliphatic rings. The van der Waals surface area contributed by atoms with Crippen molar-refractivity contribution in [1.29, 1.82) is 0 Å². The summed E-state index contributed by atoms with van der Waals surface area (Å²) in [5.74, 6) is 0. The Morgan fingerprint density at radius 1 is 1.31 bits per heavy atom. The van der Waals surface area contributed by atoms with Crippen molar-refractivity contribution in [2.75, 3.05) is 53.0 Å². The van der Waals surface area contributed by atoms with Crippen molar-refractivity contribution in [2.45, 2.75) is 24.9 Å². The van der Waals surface area contributed by atoms with Gasteiger partial charge in [0.05, 0.1) is 6.61 Å². The van der Waals surface area contributed by atoms with Gasteiger partial charge in [0.25, 0.3) is 0 Å². The lowest BCUT2D eigenvalue weighted by atomic mass is 9.93. The van der Waals surface area contributed by atoms with Crippen molar-refractivity contribution in [1.82, 2.24) is 10.2 Å². The van der Waals surface area contributed by atoms with Gasteiger partial charge in [0.1, 0.15) is 5.60 Å². The minimum absolute atomic E-state index is 0.0374. The number of rotatable bonds is 4. The van der Waals surface area contributed by atoms with Gasteiger partial charge in [-0.15, -0.1) is 0 Å². The molecular formula is C12H24N2O2. The minimum atomic E-state index is -0.0374. The van der Waals surface area contributed by atoms with Gasteiger partial charge in [0.2, 0.25) is 0 Å². The number of methoxy groups -OCH3 is 1. The Hall–Kier alpha value is -0.160. The summed E-state index contributed by atoms with van der Waals surface area (Å²) in [5, 5.41) is 3.38. The van der Waals surface area contributed by atoms with Gasteiger partial charge < -0.3 is 14.8 Å². The van der Waals surface area contributed by atoms with E-state index in [-0.39, 0.29) is 5.60 Å². The molecule has 2 aliphatic heterocycles. The van der Waals surface area contributed by atoms with Crippen LogP contribution in [-0.4, -0.2) is 63.5 Å². The molecule has 0 bridgehead atoms. The summed E-state index contributed by atoms with van der Waals surface area (Å²) in [5.41, 5.74) is -0.0374. The van der Waals surface area contributed by atoms with Gasteiger partial charge in [-0.3, -0.25) is 4.90 Å². The molecule has 1 atom stereocenters. The van der Waals surface area contributed by atoms with E-state index in [0.29, 0.717) is 0 Å². The van der Waals surface area contributed by atoms with E-state index in [1.807, 2.05) is 0 Å². The molecule has 4 heteroatoms. The van der Waals surface area contributed by atoms with Crippen molar-refractivity contribution in [3.63, 3.8) is 0 Å². The first-order valence-electron chi connectivity index (χ1n) is 6.41. The quantitative estimate of drug-likeness (QED) is 0.759. The van der Waals surface area contributed by atoms with Crippen LogP contribution in [-0.2, 0) is 9.47 Å². The van der Waals surface area contributed by atoms with E-state index >= 15 is 0 Å². The fraction of sp³-hybridized carbons (Fsp3) is 1.00. The molecule has 0 aliphatic carbocycles. The lowest BCUT2D eigenvalue weighted by Gasteiger charge is -2.41. The predicted molar refractivity (Wildman–Crippen MR) is 63.7 cm³/mol. The van der Waals surface area contributed by atoms with Gasteiger partial charge in [0, 0.05) is 46.4 Å². The zero-order chi connectivity index (χ0) is 11.3. The lowest BCUT2D eigenvalue weighted by molar-refractivity contribution is -0.129. The topological polar surface area (TPSA) is 33.7 Å². The summed E-state index contributed by atoms with van der Waals surface area (Å²) in [4.78, 5) is 2.50. The van der Waals surface area contributed by atoms with E-state index in [1.165, 1.54) is 12.8 Å². The Balaban J connectivity index is 1.89. The maximum atomic E-state index is 6.02. The highest BCUT2D eigenvalue weighted by molar-refractivity contribution is 4.88. The first-order chi connectivity index (χ1) is 7.85. The molecule has 1 N–H and O–H groups in total. The van der Waals surface area contributed by atoms with Gasteiger partial charge in [-0.1, -0.05) is 0 Å². The molecule has 0 aromatic rings. The van der Waals surface area contributed by atoms with Gasteiger partial charge in [-0.05, 0) is 19.3 Å². The van der Waals surface area contributed by atoms with Crippen LogP contribution in [0.3, 0.4) is 0 Å². The second kappa shape index (κ2) is 5.96. The van der Waals surface area contributed by atoms with E-state index in [1.54, 1.807) is 7.11 Å². The van der Waals surface area contributed by atoms with Crippen molar-refractivity contribution in [3.05, 3.63) is 0 Å². The molecule has 0 radical (unpaired) electrons. The molecular weight excluding hydrogens is 204 g/mol. The summed E-state index contributed by atoms with van der Waals surface area (Å²) in [6.45, 7) is 7.13. The van der Waals surface area contributed by atoms with Crippen LogP contribution in [0.5, 0.6) is 0 Å². The molecule has 2 heterocycles. The average molecular weight is 228 g/mol. The second-order valence-corrected chi connectivity index (χ2v) is 4.95. The fourth-order valence-corrected chi connectivity index (χ4v) is 2.73. The third-order valence-electron chi connectivity index (χ3n) is 3.56. The Morgan fingerprint density at radius 3 is 2.75 bits per heavy atom. The summed E-state index contributed by atoms with van der Waals surface area (Å²) in [7, 11) is 1.78. The number of piperazine rings is 1. The summed E-state index contributed by atoms with van der Waals surface area (Å²) in [6, 6.07) is 0. The van der Waals surface area contributed by atoms with E-state index in [0.717, 1.165) is 52.4 Å². The number of hydrogen-bond acceptors (Lipinski definition) is 4. The Kier molecular flexibility index (Phi) is 4.58. The lowest BCUT2D eigenvalue weighted by Crippen LogP contribution is -2.54. The van der Waals surface area contributed by atoms with E-state index in [4.69, 9.17) is 9.47 Å².